The van der Waals surface area contributed by atoms with E-state index in [1.165, 1.54) is 0 Å². The number of rotatable bonds is 4. The first-order valence-electron chi connectivity index (χ1n) is 4.62. The van der Waals surface area contributed by atoms with Crippen molar-refractivity contribution < 1.29 is 0 Å². The van der Waals surface area contributed by atoms with Crippen LogP contribution in [0.1, 0.15) is 20.3 Å². The van der Waals surface area contributed by atoms with E-state index in [4.69, 9.17) is 23.2 Å². The third kappa shape index (κ3) is 2.72. The first kappa shape index (κ1) is 11.5. The predicted octanol–water partition coefficient (Wildman–Crippen LogP) is 3.02. The van der Waals surface area contributed by atoms with Crippen LogP contribution < -0.4 is 4.90 Å². The van der Waals surface area contributed by atoms with Gasteiger partial charge >= 0.3 is 0 Å². The lowest BCUT2D eigenvalue weighted by atomic mass is 10.3. The molecule has 0 amide bonds. The van der Waals surface area contributed by atoms with Gasteiger partial charge in [-0.05, 0) is 13.3 Å². The summed E-state index contributed by atoms with van der Waals surface area (Å²) >= 11 is 11.7. The average Bonchev–Trinajstić information content (AvgIpc) is 2.18. The SMILES string of the molecule is CCCN(CC)c1cc(Cl)nnc1Cl. The quantitative estimate of drug-likeness (QED) is 0.801. The highest BCUT2D eigenvalue weighted by molar-refractivity contribution is 6.33. The summed E-state index contributed by atoms with van der Waals surface area (Å²) in [6.45, 7) is 6.01. The summed E-state index contributed by atoms with van der Waals surface area (Å²) in [4.78, 5) is 2.13. The smallest absolute Gasteiger partial charge is 0.175 e. The molecule has 1 rings (SSSR count). The van der Waals surface area contributed by atoms with E-state index < -0.39 is 0 Å². The molecule has 0 atom stereocenters. The number of hydrogen-bond donors (Lipinski definition) is 0. The third-order valence-corrected chi connectivity index (χ3v) is 2.37. The van der Waals surface area contributed by atoms with Gasteiger partial charge in [0.25, 0.3) is 0 Å². The van der Waals surface area contributed by atoms with Gasteiger partial charge in [0.2, 0.25) is 0 Å². The predicted molar refractivity (Wildman–Crippen MR) is 60.2 cm³/mol. The van der Waals surface area contributed by atoms with Crippen molar-refractivity contribution in [3.05, 3.63) is 16.4 Å². The highest BCUT2D eigenvalue weighted by Crippen LogP contribution is 2.25. The van der Waals surface area contributed by atoms with Gasteiger partial charge in [-0.1, -0.05) is 30.1 Å². The minimum atomic E-state index is 0.374. The summed E-state index contributed by atoms with van der Waals surface area (Å²) in [6.07, 6.45) is 1.06. The first-order valence-corrected chi connectivity index (χ1v) is 5.38. The Bertz CT molecular complexity index is 304. The molecule has 0 aromatic carbocycles. The molecule has 0 fully saturated rings. The molecular formula is C9H13Cl2N3. The molecule has 1 aromatic heterocycles. The minimum absolute atomic E-state index is 0.374. The lowest BCUT2D eigenvalue weighted by molar-refractivity contribution is 0.786. The highest BCUT2D eigenvalue weighted by Gasteiger charge is 2.10. The summed E-state index contributed by atoms with van der Waals surface area (Å²) < 4.78 is 0. The second-order valence-electron chi connectivity index (χ2n) is 2.92. The summed E-state index contributed by atoms with van der Waals surface area (Å²) in [5.74, 6) is 0. The van der Waals surface area contributed by atoms with Crippen LogP contribution in [0.25, 0.3) is 0 Å². The van der Waals surface area contributed by atoms with Crippen molar-refractivity contribution in [1.82, 2.24) is 10.2 Å². The Kier molecular flexibility index (Phi) is 4.42. The van der Waals surface area contributed by atoms with Crippen LogP contribution in [0, 0.1) is 0 Å². The zero-order valence-electron chi connectivity index (χ0n) is 8.30. The molecule has 78 valence electrons. The van der Waals surface area contributed by atoms with Gasteiger partial charge in [0.1, 0.15) is 0 Å². The molecule has 0 radical (unpaired) electrons. The van der Waals surface area contributed by atoms with E-state index in [0.717, 1.165) is 25.2 Å². The Balaban J connectivity index is 2.96. The van der Waals surface area contributed by atoms with Crippen LogP contribution in [0.4, 0.5) is 5.69 Å². The van der Waals surface area contributed by atoms with Gasteiger partial charge in [-0.15, -0.1) is 10.2 Å². The molecule has 1 aromatic rings. The standard InChI is InChI=1S/C9H13Cl2N3/c1-3-5-14(4-2)7-6-8(10)12-13-9(7)11/h6H,3-5H2,1-2H3. The second-order valence-corrected chi connectivity index (χ2v) is 3.67. The first-order chi connectivity index (χ1) is 6.69. The fraction of sp³-hybridized carbons (Fsp3) is 0.556. The number of nitrogens with zero attached hydrogens (tertiary/aromatic N) is 3. The Hall–Kier alpha value is -0.540. The zero-order chi connectivity index (χ0) is 10.6. The second kappa shape index (κ2) is 5.37. The van der Waals surface area contributed by atoms with Crippen LogP contribution in [0.3, 0.4) is 0 Å². The molecule has 3 nitrogen and oxygen atoms in total. The highest BCUT2D eigenvalue weighted by atomic mass is 35.5. The van der Waals surface area contributed by atoms with Gasteiger partial charge in [0.15, 0.2) is 10.3 Å². The fourth-order valence-corrected chi connectivity index (χ4v) is 1.64. The van der Waals surface area contributed by atoms with Crippen LogP contribution in [-0.2, 0) is 0 Å². The van der Waals surface area contributed by atoms with E-state index in [1.807, 2.05) is 0 Å². The monoisotopic (exact) mass is 233 g/mol. The molecule has 0 N–H and O–H groups in total. The van der Waals surface area contributed by atoms with Gasteiger partial charge in [0.05, 0.1) is 5.69 Å². The van der Waals surface area contributed by atoms with Crippen molar-refractivity contribution in [2.24, 2.45) is 0 Å². The summed E-state index contributed by atoms with van der Waals surface area (Å²) in [5, 5.41) is 8.23. The molecular weight excluding hydrogens is 221 g/mol. The molecule has 0 aliphatic carbocycles. The lowest BCUT2D eigenvalue weighted by Gasteiger charge is -2.22. The van der Waals surface area contributed by atoms with Crippen LogP contribution in [0.5, 0.6) is 0 Å². The average molecular weight is 234 g/mol. The molecule has 0 saturated carbocycles. The third-order valence-electron chi connectivity index (χ3n) is 1.92. The van der Waals surface area contributed by atoms with E-state index in [1.54, 1.807) is 6.07 Å². The largest absolute Gasteiger partial charge is 0.369 e. The molecule has 0 unspecified atom stereocenters. The Morgan fingerprint density at radius 2 is 2.00 bits per heavy atom. The lowest BCUT2D eigenvalue weighted by Crippen LogP contribution is -2.24. The molecule has 0 bridgehead atoms. The van der Waals surface area contributed by atoms with E-state index in [9.17, 15) is 0 Å². The Morgan fingerprint density at radius 3 is 2.57 bits per heavy atom. The van der Waals surface area contributed by atoms with Crippen molar-refractivity contribution in [3.8, 4) is 0 Å². The Morgan fingerprint density at radius 1 is 1.29 bits per heavy atom. The maximum Gasteiger partial charge on any atom is 0.175 e. The molecule has 0 spiro atoms. The molecule has 1 heterocycles. The summed E-state index contributed by atoms with van der Waals surface area (Å²) in [5.41, 5.74) is 0.857. The van der Waals surface area contributed by atoms with Crippen molar-refractivity contribution in [2.75, 3.05) is 18.0 Å². The van der Waals surface area contributed by atoms with E-state index >= 15 is 0 Å². The topological polar surface area (TPSA) is 29.0 Å². The maximum absolute atomic E-state index is 5.93. The molecule has 0 aliphatic heterocycles. The van der Waals surface area contributed by atoms with Crippen molar-refractivity contribution in [2.45, 2.75) is 20.3 Å². The van der Waals surface area contributed by atoms with Gasteiger partial charge in [-0.2, -0.15) is 0 Å². The minimum Gasteiger partial charge on any atom is -0.369 e. The van der Waals surface area contributed by atoms with Crippen LogP contribution in [0.2, 0.25) is 10.3 Å². The number of halogens is 2. The van der Waals surface area contributed by atoms with Gasteiger partial charge < -0.3 is 4.90 Å². The van der Waals surface area contributed by atoms with Crippen molar-refractivity contribution >= 4 is 28.9 Å². The molecule has 5 heteroatoms. The summed E-state index contributed by atoms with van der Waals surface area (Å²) in [6, 6.07) is 1.75. The van der Waals surface area contributed by atoms with Gasteiger partial charge in [0, 0.05) is 19.2 Å². The van der Waals surface area contributed by atoms with Gasteiger partial charge in [-0.3, -0.25) is 0 Å². The molecule has 0 saturated heterocycles. The van der Waals surface area contributed by atoms with E-state index in [2.05, 4.69) is 28.9 Å². The van der Waals surface area contributed by atoms with E-state index in [0.29, 0.717) is 10.3 Å². The van der Waals surface area contributed by atoms with Crippen LogP contribution in [0.15, 0.2) is 6.07 Å². The fourth-order valence-electron chi connectivity index (χ4n) is 1.28. The molecule has 14 heavy (non-hydrogen) atoms. The molecule has 0 aliphatic rings. The maximum atomic E-state index is 5.93. The summed E-state index contributed by atoms with van der Waals surface area (Å²) in [7, 11) is 0. The van der Waals surface area contributed by atoms with Crippen molar-refractivity contribution in [1.29, 1.82) is 0 Å². The van der Waals surface area contributed by atoms with E-state index in [-0.39, 0.29) is 0 Å². The number of hydrogen-bond acceptors (Lipinski definition) is 3. The van der Waals surface area contributed by atoms with Crippen molar-refractivity contribution in [3.63, 3.8) is 0 Å². The van der Waals surface area contributed by atoms with Crippen LogP contribution in [-0.4, -0.2) is 23.3 Å². The van der Waals surface area contributed by atoms with Crippen LogP contribution >= 0.6 is 23.2 Å². The zero-order valence-corrected chi connectivity index (χ0v) is 9.81. The van der Waals surface area contributed by atoms with Gasteiger partial charge in [-0.25, -0.2) is 0 Å². The number of anilines is 1. The Labute approximate surface area is 94.0 Å². The number of aromatic nitrogens is 2. The normalized spacial score (nSPS) is 10.3.